The maximum Gasteiger partial charge on any atom is 0.289 e. The molecule has 1 atom stereocenters. The van der Waals surface area contributed by atoms with Crippen LogP contribution in [-0.2, 0) is 11.3 Å². The highest BCUT2D eigenvalue weighted by Gasteiger charge is 2.20. The molecule has 2 heterocycles. The monoisotopic (exact) mass is 368 g/mol. The molecule has 144 valence electrons. The van der Waals surface area contributed by atoms with Crippen LogP contribution in [-0.4, -0.2) is 55.6 Å². The Kier molecular flexibility index (Phi) is 6.85. The summed E-state index contributed by atoms with van der Waals surface area (Å²) in [7, 11) is 3.45. The molecule has 0 radical (unpaired) electrons. The van der Waals surface area contributed by atoms with E-state index in [2.05, 4.69) is 29.2 Å². The molecule has 1 amide bonds. The van der Waals surface area contributed by atoms with Gasteiger partial charge in [0.15, 0.2) is 5.76 Å². The van der Waals surface area contributed by atoms with Crippen molar-refractivity contribution in [3.05, 3.63) is 65.6 Å². The predicted octanol–water partition coefficient (Wildman–Crippen LogP) is 3.68. The number of amides is 1. The summed E-state index contributed by atoms with van der Waals surface area (Å²) in [5, 5.41) is 0. The highest BCUT2D eigenvalue weighted by molar-refractivity contribution is 5.91. The maximum absolute atomic E-state index is 12.0. The molecule has 1 aromatic carbocycles. The fraction of sp³-hybridized carbons (Fsp3) is 0.409. The van der Waals surface area contributed by atoms with Gasteiger partial charge in [0.1, 0.15) is 5.76 Å². The number of hydrogen-bond donors (Lipinski definition) is 0. The highest BCUT2D eigenvalue weighted by atomic mass is 16.5. The van der Waals surface area contributed by atoms with Gasteiger partial charge in [-0.1, -0.05) is 42.5 Å². The minimum atomic E-state index is -0.115. The topological polar surface area (TPSA) is 45.9 Å². The molecule has 2 aromatic rings. The SMILES string of the molecule is CN(C)C(=O)c1ccc(CN(C/C=C/c2ccccc2)C[C@@H]2CCCO2)o1. The van der Waals surface area contributed by atoms with E-state index in [0.717, 1.165) is 38.3 Å². The van der Waals surface area contributed by atoms with E-state index in [0.29, 0.717) is 12.3 Å². The molecule has 5 nitrogen and oxygen atoms in total. The average molecular weight is 368 g/mol. The van der Waals surface area contributed by atoms with Crippen LogP contribution in [0.1, 0.15) is 34.7 Å². The van der Waals surface area contributed by atoms with Crippen LogP contribution in [0, 0.1) is 0 Å². The molecule has 0 saturated carbocycles. The molecule has 3 rings (SSSR count). The largest absolute Gasteiger partial charge is 0.455 e. The first kappa shape index (κ1) is 19.4. The second kappa shape index (κ2) is 9.53. The Bertz CT molecular complexity index is 746. The number of ether oxygens (including phenoxy) is 1. The third kappa shape index (κ3) is 5.81. The van der Waals surface area contributed by atoms with Crippen LogP contribution >= 0.6 is 0 Å². The zero-order chi connectivity index (χ0) is 19.1. The summed E-state index contributed by atoms with van der Waals surface area (Å²) < 4.78 is 11.6. The number of rotatable bonds is 8. The van der Waals surface area contributed by atoms with Gasteiger partial charge in [-0.05, 0) is 30.5 Å². The molecule has 0 spiro atoms. The molecule has 1 saturated heterocycles. The Morgan fingerprint density at radius 3 is 2.70 bits per heavy atom. The maximum atomic E-state index is 12.0. The first-order valence-corrected chi connectivity index (χ1v) is 9.48. The van der Waals surface area contributed by atoms with Gasteiger partial charge >= 0.3 is 0 Å². The molecule has 1 aliphatic rings. The van der Waals surface area contributed by atoms with E-state index >= 15 is 0 Å². The molecule has 0 bridgehead atoms. The van der Waals surface area contributed by atoms with Gasteiger partial charge in [-0.2, -0.15) is 0 Å². The minimum Gasteiger partial charge on any atom is -0.455 e. The quantitative estimate of drug-likeness (QED) is 0.713. The normalized spacial score (nSPS) is 17.1. The van der Waals surface area contributed by atoms with E-state index in [1.165, 1.54) is 10.5 Å². The number of benzene rings is 1. The van der Waals surface area contributed by atoms with Gasteiger partial charge < -0.3 is 14.1 Å². The second-order valence-corrected chi connectivity index (χ2v) is 7.11. The van der Waals surface area contributed by atoms with Crippen LogP contribution in [0.5, 0.6) is 0 Å². The Morgan fingerprint density at radius 2 is 2.00 bits per heavy atom. The van der Waals surface area contributed by atoms with Gasteiger partial charge in [0.05, 0.1) is 12.6 Å². The van der Waals surface area contributed by atoms with Crippen molar-refractivity contribution in [2.45, 2.75) is 25.5 Å². The van der Waals surface area contributed by atoms with Gasteiger partial charge in [0.25, 0.3) is 5.91 Å². The first-order chi connectivity index (χ1) is 13.1. The van der Waals surface area contributed by atoms with E-state index in [-0.39, 0.29) is 12.0 Å². The van der Waals surface area contributed by atoms with Crippen molar-refractivity contribution >= 4 is 12.0 Å². The lowest BCUT2D eigenvalue weighted by Crippen LogP contribution is -2.32. The Morgan fingerprint density at radius 1 is 1.19 bits per heavy atom. The highest BCUT2D eigenvalue weighted by Crippen LogP contribution is 2.17. The van der Waals surface area contributed by atoms with E-state index in [1.54, 1.807) is 20.2 Å². The molecule has 1 aliphatic heterocycles. The van der Waals surface area contributed by atoms with Crippen molar-refractivity contribution in [2.75, 3.05) is 33.8 Å². The summed E-state index contributed by atoms with van der Waals surface area (Å²) in [6.45, 7) is 3.16. The summed E-state index contributed by atoms with van der Waals surface area (Å²) >= 11 is 0. The van der Waals surface area contributed by atoms with Crippen LogP contribution in [0.3, 0.4) is 0 Å². The van der Waals surface area contributed by atoms with Crippen LogP contribution in [0.25, 0.3) is 6.08 Å². The molecule has 5 heteroatoms. The lowest BCUT2D eigenvalue weighted by molar-refractivity contribution is 0.0712. The summed E-state index contributed by atoms with van der Waals surface area (Å²) in [5.74, 6) is 1.06. The predicted molar refractivity (Wildman–Crippen MR) is 106 cm³/mol. The van der Waals surface area contributed by atoms with Crippen molar-refractivity contribution < 1.29 is 13.9 Å². The molecule has 0 aliphatic carbocycles. The number of nitrogens with zero attached hydrogens (tertiary/aromatic N) is 2. The lowest BCUT2D eigenvalue weighted by Gasteiger charge is -2.23. The third-order valence-electron chi connectivity index (χ3n) is 4.62. The molecule has 0 unspecified atom stereocenters. The van der Waals surface area contributed by atoms with Crippen molar-refractivity contribution in [1.29, 1.82) is 0 Å². The molecule has 1 fully saturated rings. The number of furan rings is 1. The average Bonchev–Trinajstić information content (AvgIpc) is 3.34. The Hall–Kier alpha value is -2.37. The summed E-state index contributed by atoms with van der Waals surface area (Å²) in [5.41, 5.74) is 1.19. The van der Waals surface area contributed by atoms with Crippen molar-refractivity contribution in [3.8, 4) is 0 Å². The zero-order valence-electron chi connectivity index (χ0n) is 16.1. The Labute approximate surface area is 161 Å². The van der Waals surface area contributed by atoms with Gasteiger partial charge in [-0.25, -0.2) is 0 Å². The lowest BCUT2D eigenvalue weighted by atomic mass is 10.2. The molecular formula is C22H28N2O3. The number of carbonyl (C=O) groups is 1. The summed E-state index contributed by atoms with van der Waals surface area (Å²) in [4.78, 5) is 15.9. The summed E-state index contributed by atoms with van der Waals surface area (Å²) in [6, 6.07) is 13.9. The van der Waals surface area contributed by atoms with E-state index < -0.39 is 0 Å². The van der Waals surface area contributed by atoms with Gasteiger partial charge in [0, 0.05) is 33.8 Å². The summed E-state index contributed by atoms with van der Waals surface area (Å²) in [6.07, 6.45) is 6.79. The van der Waals surface area contributed by atoms with E-state index in [9.17, 15) is 4.79 Å². The number of hydrogen-bond acceptors (Lipinski definition) is 4. The van der Waals surface area contributed by atoms with Crippen molar-refractivity contribution in [2.24, 2.45) is 0 Å². The van der Waals surface area contributed by atoms with Gasteiger partial charge in [-0.15, -0.1) is 0 Å². The second-order valence-electron chi connectivity index (χ2n) is 7.11. The zero-order valence-corrected chi connectivity index (χ0v) is 16.1. The molecular weight excluding hydrogens is 340 g/mol. The fourth-order valence-electron chi connectivity index (χ4n) is 3.20. The standard InChI is InChI=1S/C22H28N2O3/c1-23(2)22(25)21-13-12-20(27-21)17-24(16-19-11-7-15-26-19)14-6-10-18-8-4-3-5-9-18/h3-6,8-10,12-13,19H,7,11,14-17H2,1-2H3/b10-6+/t19-/m0/s1. The van der Waals surface area contributed by atoms with Crippen molar-refractivity contribution in [3.63, 3.8) is 0 Å². The molecule has 27 heavy (non-hydrogen) atoms. The minimum absolute atomic E-state index is 0.115. The molecule has 0 N–H and O–H groups in total. The smallest absolute Gasteiger partial charge is 0.289 e. The van der Waals surface area contributed by atoms with Crippen LogP contribution in [0.4, 0.5) is 0 Å². The van der Waals surface area contributed by atoms with E-state index in [4.69, 9.17) is 9.15 Å². The number of carbonyl (C=O) groups excluding carboxylic acids is 1. The third-order valence-corrected chi connectivity index (χ3v) is 4.62. The van der Waals surface area contributed by atoms with Crippen LogP contribution < -0.4 is 0 Å². The van der Waals surface area contributed by atoms with Crippen molar-refractivity contribution in [1.82, 2.24) is 9.80 Å². The van der Waals surface area contributed by atoms with E-state index in [1.807, 2.05) is 24.3 Å². The first-order valence-electron chi connectivity index (χ1n) is 9.48. The molecule has 1 aromatic heterocycles. The fourth-order valence-corrected chi connectivity index (χ4v) is 3.20. The Balaban J connectivity index is 1.64. The van der Waals surface area contributed by atoms with Crippen LogP contribution in [0.2, 0.25) is 0 Å². The van der Waals surface area contributed by atoms with Gasteiger partial charge in [-0.3, -0.25) is 9.69 Å². The van der Waals surface area contributed by atoms with Gasteiger partial charge in [0.2, 0.25) is 0 Å². The van der Waals surface area contributed by atoms with Crippen LogP contribution in [0.15, 0.2) is 53.0 Å².